The number of aromatic nitrogens is 5. The molecule has 0 spiro atoms. The predicted octanol–water partition coefficient (Wildman–Crippen LogP) is 0.820. The van der Waals surface area contributed by atoms with Crippen molar-refractivity contribution in [2.75, 3.05) is 5.73 Å². The number of alkyl halides is 1. The molecule has 12 heteroatoms. The van der Waals surface area contributed by atoms with Crippen LogP contribution in [-0.2, 0) is 15.8 Å². The Morgan fingerprint density at radius 1 is 1.24 bits per heavy atom. The number of sulfonamides is 1. The molecule has 0 radical (unpaired) electrons. The number of nitrogens with two attached hydrogens (primary N) is 1. The highest BCUT2D eigenvalue weighted by molar-refractivity contribution is 7.89. The zero-order chi connectivity index (χ0) is 21.4. The van der Waals surface area contributed by atoms with Crippen LogP contribution in [0.5, 0.6) is 0 Å². The molecule has 1 atom stereocenters. The smallest absolute Gasteiger partial charge is 0.246 e. The van der Waals surface area contributed by atoms with E-state index in [-0.39, 0.29) is 16.5 Å². The van der Waals surface area contributed by atoms with Gasteiger partial charge >= 0.3 is 0 Å². The molecule has 1 unspecified atom stereocenters. The van der Waals surface area contributed by atoms with E-state index in [1.54, 1.807) is 19.1 Å². The average molecular weight is 421 g/mol. The van der Waals surface area contributed by atoms with Gasteiger partial charge in [-0.25, -0.2) is 27.8 Å². The number of nitrogens with zero attached hydrogens (tertiary/aromatic N) is 5. The highest BCUT2D eigenvalue weighted by atomic mass is 32.2. The van der Waals surface area contributed by atoms with Gasteiger partial charge in [0.25, 0.3) is 0 Å². The Labute approximate surface area is 166 Å². The van der Waals surface area contributed by atoms with Gasteiger partial charge in [-0.3, -0.25) is 0 Å². The summed E-state index contributed by atoms with van der Waals surface area (Å²) in [6.45, 7) is 4.01. The molecule has 0 aliphatic carbocycles. The van der Waals surface area contributed by atoms with Crippen LogP contribution in [0, 0.1) is 6.92 Å². The van der Waals surface area contributed by atoms with Crippen molar-refractivity contribution in [1.29, 1.82) is 0 Å². The summed E-state index contributed by atoms with van der Waals surface area (Å²) in [4.78, 5) is 11.5. The normalized spacial score (nSPS) is 14.5. The molecule has 1 aromatic carbocycles. The highest BCUT2D eigenvalue weighted by Gasteiger charge is 2.51. The Bertz CT molecular complexity index is 1110. The Morgan fingerprint density at radius 3 is 2.45 bits per heavy atom. The average Bonchev–Trinajstić information content (AvgIpc) is 3.15. The molecule has 0 saturated heterocycles. The number of nitrogen functional groups attached to an aromatic ring is 1. The lowest BCUT2D eigenvalue weighted by Gasteiger charge is -2.36. The van der Waals surface area contributed by atoms with Crippen LogP contribution in [0.3, 0.4) is 0 Å². The van der Waals surface area contributed by atoms with E-state index < -0.39 is 27.1 Å². The van der Waals surface area contributed by atoms with Gasteiger partial charge in [0.05, 0.1) is 11.1 Å². The number of hydrogen-bond acceptors (Lipinski definition) is 8. The molecule has 0 aliphatic rings. The van der Waals surface area contributed by atoms with Gasteiger partial charge in [-0.1, -0.05) is 17.7 Å². The van der Waals surface area contributed by atoms with E-state index in [9.17, 15) is 13.5 Å². The van der Waals surface area contributed by atoms with Crippen molar-refractivity contribution in [2.45, 2.75) is 37.1 Å². The standard InChI is InChI=1S/C17H20FN7O3S/c1-11-4-6-12(7-5-11)29(27,28)24-17(18,16(2,3)26)13-8-21-14(19)15(23-13)25-10-20-9-22-25/h4-10,24,26H,1-3H3,(H2,19,21). The second-order valence-electron chi connectivity index (χ2n) is 6.94. The molecular weight excluding hydrogens is 401 g/mol. The SMILES string of the molecule is Cc1ccc(S(=O)(=O)NC(F)(c2cnc(N)c(-n3cncn3)n2)C(C)(C)O)cc1. The Morgan fingerprint density at radius 2 is 1.90 bits per heavy atom. The van der Waals surface area contributed by atoms with E-state index in [1.165, 1.54) is 24.8 Å². The van der Waals surface area contributed by atoms with Crippen LogP contribution < -0.4 is 10.5 Å². The predicted molar refractivity (Wildman–Crippen MR) is 102 cm³/mol. The van der Waals surface area contributed by atoms with Gasteiger partial charge in [0.2, 0.25) is 15.8 Å². The number of aryl methyl sites for hydroxylation is 1. The van der Waals surface area contributed by atoms with Crippen LogP contribution >= 0.6 is 0 Å². The number of aliphatic hydroxyl groups is 1. The zero-order valence-electron chi connectivity index (χ0n) is 15.9. The summed E-state index contributed by atoms with van der Waals surface area (Å²) in [6.07, 6.45) is 3.43. The summed E-state index contributed by atoms with van der Waals surface area (Å²) in [6, 6.07) is 5.81. The van der Waals surface area contributed by atoms with Crippen LogP contribution in [-0.4, -0.2) is 43.9 Å². The molecule has 4 N–H and O–H groups in total. The van der Waals surface area contributed by atoms with Crippen LogP contribution in [0.25, 0.3) is 5.82 Å². The van der Waals surface area contributed by atoms with Crippen molar-refractivity contribution in [2.24, 2.45) is 0 Å². The van der Waals surface area contributed by atoms with Crippen LogP contribution in [0.15, 0.2) is 48.0 Å². The third-order valence-electron chi connectivity index (χ3n) is 4.22. The molecule has 10 nitrogen and oxygen atoms in total. The molecule has 29 heavy (non-hydrogen) atoms. The fourth-order valence-electron chi connectivity index (χ4n) is 2.49. The molecule has 2 aromatic heterocycles. The number of nitrogens with one attached hydrogen (secondary N) is 1. The van der Waals surface area contributed by atoms with Crippen molar-refractivity contribution in [3.8, 4) is 5.82 Å². The topological polar surface area (TPSA) is 149 Å². The second-order valence-corrected chi connectivity index (χ2v) is 8.62. The molecule has 3 rings (SSSR count). The molecule has 2 heterocycles. The van der Waals surface area contributed by atoms with Crippen LogP contribution in [0.1, 0.15) is 25.1 Å². The lowest BCUT2D eigenvalue weighted by atomic mass is 9.94. The van der Waals surface area contributed by atoms with E-state index in [4.69, 9.17) is 5.73 Å². The summed E-state index contributed by atoms with van der Waals surface area (Å²) in [5.74, 6) is -3.19. The van der Waals surface area contributed by atoms with Crippen molar-refractivity contribution >= 4 is 15.8 Å². The Hall–Kier alpha value is -2.96. The fourth-order valence-corrected chi connectivity index (χ4v) is 3.83. The van der Waals surface area contributed by atoms with Crippen LogP contribution in [0.4, 0.5) is 10.2 Å². The number of rotatable bonds is 6. The molecule has 0 saturated carbocycles. The lowest BCUT2D eigenvalue weighted by Crippen LogP contribution is -2.56. The first-order valence-corrected chi connectivity index (χ1v) is 9.92. The van der Waals surface area contributed by atoms with Gasteiger partial charge in [-0.15, -0.1) is 0 Å². The maximum atomic E-state index is 16.1. The first-order chi connectivity index (χ1) is 13.4. The van der Waals surface area contributed by atoms with E-state index in [0.717, 1.165) is 30.3 Å². The van der Waals surface area contributed by atoms with Crippen molar-refractivity contribution in [3.63, 3.8) is 0 Å². The minimum Gasteiger partial charge on any atom is -0.385 e. The number of benzene rings is 1. The number of anilines is 1. The first-order valence-electron chi connectivity index (χ1n) is 8.44. The molecule has 0 aliphatic heterocycles. The van der Waals surface area contributed by atoms with E-state index in [1.807, 2.05) is 4.72 Å². The minimum atomic E-state index is -4.36. The molecule has 0 amide bonds. The first kappa shape index (κ1) is 20.8. The van der Waals surface area contributed by atoms with Crippen molar-refractivity contribution in [3.05, 3.63) is 54.4 Å². The second kappa shape index (κ2) is 7.13. The fraction of sp³-hybridized carbons (Fsp3) is 0.294. The monoisotopic (exact) mass is 421 g/mol. The summed E-state index contributed by atoms with van der Waals surface area (Å²) < 4.78 is 44.8. The largest absolute Gasteiger partial charge is 0.385 e. The summed E-state index contributed by atoms with van der Waals surface area (Å²) in [5, 5.41) is 14.4. The third-order valence-corrected chi connectivity index (χ3v) is 5.66. The quantitative estimate of drug-likeness (QED) is 0.495. The zero-order valence-corrected chi connectivity index (χ0v) is 16.7. The van der Waals surface area contributed by atoms with Gasteiger partial charge < -0.3 is 10.8 Å². The maximum absolute atomic E-state index is 16.1. The van der Waals surface area contributed by atoms with E-state index in [2.05, 4.69) is 20.1 Å². The number of halogens is 1. The van der Waals surface area contributed by atoms with Gasteiger partial charge in [0, 0.05) is 0 Å². The molecule has 154 valence electrons. The van der Waals surface area contributed by atoms with Crippen molar-refractivity contribution < 1.29 is 17.9 Å². The maximum Gasteiger partial charge on any atom is 0.246 e. The lowest BCUT2D eigenvalue weighted by molar-refractivity contribution is -0.0931. The Kier molecular flexibility index (Phi) is 5.11. The molecule has 0 fully saturated rings. The molecular formula is C17H20FN7O3S. The van der Waals surface area contributed by atoms with Gasteiger partial charge in [0.15, 0.2) is 11.6 Å². The minimum absolute atomic E-state index is 0.0687. The van der Waals surface area contributed by atoms with Gasteiger partial charge in [-0.05, 0) is 32.9 Å². The van der Waals surface area contributed by atoms with E-state index in [0.29, 0.717) is 0 Å². The molecule has 0 bridgehead atoms. The van der Waals surface area contributed by atoms with Gasteiger partial charge in [-0.2, -0.15) is 14.5 Å². The molecule has 3 aromatic rings. The summed E-state index contributed by atoms with van der Waals surface area (Å²) in [7, 11) is -4.36. The number of hydrogen-bond donors (Lipinski definition) is 3. The highest BCUT2D eigenvalue weighted by Crippen LogP contribution is 2.35. The van der Waals surface area contributed by atoms with Crippen LogP contribution in [0.2, 0.25) is 0 Å². The summed E-state index contributed by atoms with van der Waals surface area (Å²) >= 11 is 0. The summed E-state index contributed by atoms with van der Waals surface area (Å²) in [5.41, 5.74) is 3.90. The van der Waals surface area contributed by atoms with Gasteiger partial charge in [0.1, 0.15) is 23.9 Å². The van der Waals surface area contributed by atoms with Crippen molar-refractivity contribution in [1.82, 2.24) is 29.5 Å². The van der Waals surface area contributed by atoms with E-state index >= 15 is 4.39 Å². The Balaban J connectivity index is 2.11. The third kappa shape index (κ3) is 3.95.